The Labute approximate surface area is 160 Å². The first-order chi connectivity index (χ1) is 13.5. The number of aryl methyl sites for hydroxylation is 1. The zero-order chi connectivity index (χ0) is 20.1. The van der Waals surface area contributed by atoms with Crippen molar-refractivity contribution in [3.63, 3.8) is 0 Å². The molecule has 3 aromatic heterocycles. The van der Waals surface area contributed by atoms with Gasteiger partial charge < -0.3 is 9.73 Å². The Morgan fingerprint density at radius 3 is 2.75 bits per heavy atom. The molecule has 3 rings (SSSR count). The second-order valence-electron chi connectivity index (χ2n) is 6.21. The molecule has 0 spiro atoms. The highest BCUT2D eigenvalue weighted by Gasteiger charge is 2.18. The summed E-state index contributed by atoms with van der Waals surface area (Å²) in [7, 11) is 0. The summed E-state index contributed by atoms with van der Waals surface area (Å²) in [5, 5.41) is 6.94. The van der Waals surface area contributed by atoms with Crippen LogP contribution in [-0.4, -0.2) is 31.8 Å². The minimum atomic E-state index is -0.820. The van der Waals surface area contributed by atoms with E-state index in [9.17, 15) is 14.4 Å². The summed E-state index contributed by atoms with van der Waals surface area (Å²) in [6.07, 6.45) is 3.66. The summed E-state index contributed by atoms with van der Waals surface area (Å²) in [5.74, 6) is 0.126. The Balaban J connectivity index is 1.66. The molecule has 1 amide bonds. The topological polar surface area (TPSA) is 112 Å². The monoisotopic (exact) mass is 383 g/mol. The number of hydrogen-bond acceptors (Lipinski definition) is 6. The van der Waals surface area contributed by atoms with E-state index >= 15 is 0 Å². The number of rotatable bonds is 7. The van der Waals surface area contributed by atoms with Crippen molar-refractivity contribution < 1.29 is 9.21 Å². The molecule has 3 heterocycles. The highest BCUT2D eigenvalue weighted by Crippen LogP contribution is 2.16. The molecular formula is C19H21N5O4. The predicted octanol–water partition coefficient (Wildman–Crippen LogP) is 1.000. The molecule has 0 aliphatic rings. The average Bonchev–Trinajstić information content (AvgIpc) is 3.23. The van der Waals surface area contributed by atoms with Gasteiger partial charge in [0.25, 0.3) is 11.1 Å². The molecule has 3 aromatic rings. The van der Waals surface area contributed by atoms with Crippen LogP contribution in [0.4, 0.5) is 0 Å². The third-order valence-electron chi connectivity index (χ3n) is 4.30. The van der Waals surface area contributed by atoms with E-state index in [0.717, 1.165) is 10.4 Å². The fourth-order valence-electron chi connectivity index (χ4n) is 2.64. The van der Waals surface area contributed by atoms with Crippen molar-refractivity contribution in [1.82, 2.24) is 24.6 Å². The molecule has 1 unspecified atom stereocenters. The third kappa shape index (κ3) is 4.25. The summed E-state index contributed by atoms with van der Waals surface area (Å²) in [6.45, 7) is 4.01. The van der Waals surface area contributed by atoms with Gasteiger partial charge in [0.1, 0.15) is 11.7 Å². The quantitative estimate of drug-likeness (QED) is 0.651. The van der Waals surface area contributed by atoms with Crippen LogP contribution in [0.25, 0.3) is 11.5 Å². The molecule has 0 bridgehead atoms. The van der Waals surface area contributed by atoms with Crippen LogP contribution >= 0.6 is 0 Å². The number of aromatic nitrogens is 4. The Bertz CT molecular complexity index is 1070. The van der Waals surface area contributed by atoms with E-state index in [1.807, 2.05) is 6.92 Å². The Hall–Kier alpha value is -3.49. The summed E-state index contributed by atoms with van der Waals surface area (Å²) in [6, 6.07) is 6.98. The Morgan fingerprint density at radius 2 is 2.07 bits per heavy atom. The summed E-state index contributed by atoms with van der Waals surface area (Å²) >= 11 is 0. The Morgan fingerprint density at radius 1 is 1.25 bits per heavy atom. The SMILES string of the molecule is CCc1cc(=O)n(CCNC(=O)C(C)n2nc(-c3ccco3)ccc2=O)cn1. The molecule has 0 aliphatic heterocycles. The molecule has 1 N–H and O–H groups in total. The maximum Gasteiger partial charge on any atom is 0.267 e. The second kappa shape index (κ2) is 8.47. The number of hydrogen-bond donors (Lipinski definition) is 1. The van der Waals surface area contributed by atoms with Crippen LogP contribution in [0.3, 0.4) is 0 Å². The van der Waals surface area contributed by atoms with Crippen molar-refractivity contribution in [3.8, 4) is 11.5 Å². The van der Waals surface area contributed by atoms with Gasteiger partial charge in [0.2, 0.25) is 5.91 Å². The minimum Gasteiger partial charge on any atom is -0.463 e. The van der Waals surface area contributed by atoms with E-state index in [2.05, 4.69) is 15.4 Å². The average molecular weight is 383 g/mol. The summed E-state index contributed by atoms with van der Waals surface area (Å²) < 4.78 is 7.81. The highest BCUT2D eigenvalue weighted by molar-refractivity contribution is 5.79. The van der Waals surface area contributed by atoms with Gasteiger partial charge in [-0.25, -0.2) is 9.67 Å². The molecule has 0 fully saturated rings. The van der Waals surface area contributed by atoms with Crippen LogP contribution in [0.5, 0.6) is 0 Å². The highest BCUT2D eigenvalue weighted by atomic mass is 16.3. The third-order valence-corrected chi connectivity index (χ3v) is 4.30. The first-order valence-electron chi connectivity index (χ1n) is 8.96. The molecule has 0 radical (unpaired) electrons. The van der Waals surface area contributed by atoms with Gasteiger partial charge in [-0.05, 0) is 31.5 Å². The van der Waals surface area contributed by atoms with Crippen LogP contribution < -0.4 is 16.4 Å². The van der Waals surface area contributed by atoms with Crippen molar-refractivity contribution in [3.05, 3.63) is 69.3 Å². The zero-order valence-corrected chi connectivity index (χ0v) is 15.7. The van der Waals surface area contributed by atoms with Gasteiger partial charge in [0, 0.05) is 30.9 Å². The van der Waals surface area contributed by atoms with Gasteiger partial charge in [-0.15, -0.1) is 0 Å². The van der Waals surface area contributed by atoms with E-state index in [-0.39, 0.29) is 24.6 Å². The van der Waals surface area contributed by atoms with Gasteiger partial charge in [0.05, 0.1) is 12.6 Å². The normalized spacial score (nSPS) is 11.9. The van der Waals surface area contributed by atoms with E-state index < -0.39 is 11.6 Å². The number of furan rings is 1. The molecule has 0 saturated carbocycles. The first kappa shape index (κ1) is 19.3. The molecule has 146 valence electrons. The van der Waals surface area contributed by atoms with Gasteiger partial charge in [-0.1, -0.05) is 6.92 Å². The van der Waals surface area contributed by atoms with Crippen molar-refractivity contribution in [2.75, 3.05) is 6.54 Å². The maximum atomic E-state index is 12.4. The molecule has 1 atom stereocenters. The van der Waals surface area contributed by atoms with Crippen LogP contribution in [-0.2, 0) is 17.8 Å². The maximum absolute atomic E-state index is 12.4. The van der Waals surface area contributed by atoms with Crippen LogP contribution in [0.1, 0.15) is 25.6 Å². The number of nitrogens with zero attached hydrogens (tertiary/aromatic N) is 4. The lowest BCUT2D eigenvalue weighted by molar-refractivity contribution is -0.124. The van der Waals surface area contributed by atoms with Gasteiger partial charge >= 0.3 is 0 Å². The van der Waals surface area contributed by atoms with Crippen LogP contribution in [0, 0.1) is 0 Å². The van der Waals surface area contributed by atoms with E-state index in [0.29, 0.717) is 17.9 Å². The first-order valence-corrected chi connectivity index (χ1v) is 8.96. The summed E-state index contributed by atoms with van der Waals surface area (Å²) in [5.41, 5.74) is 0.616. The zero-order valence-electron chi connectivity index (χ0n) is 15.7. The second-order valence-corrected chi connectivity index (χ2v) is 6.21. The predicted molar refractivity (Wildman–Crippen MR) is 102 cm³/mol. The van der Waals surface area contributed by atoms with Crippen molar-refractivity contribution in [1.29, 1.82) is 0 Å². The lowest BCUT2D eigenvalue weighted by atomic mass is 10.3. The lowest BCUT2D eigenvalue weighted by Gasteiger charge is -2.15. The number of nitrogens with one attached hydrogen (secondary N) is 1. The van der Waals surface area contributed by atoms with Crippen LogP contribution in [0.15, 0.2) is 56.9 Å². The molecule has 0 saturated heterocycles. The lowest BCUT2D eigenvalue weighted by Crippen LogP contribution is -2.38. The smallest absolute Gasteiger partial charge is 0.267 e. The number of amides is 1. The molecular weight excluding hydrogens is 362 g/mol. The van der Waals surface area contributed by atoms with E-state index in [1.165, 1.54) is 29.3 Å². The largest absolute Gasteiger partial charge is 0.463 e. The van der Waals surface area contributed by atoms with Gasteiger partial charge in [-0.3, -0.25) is 19.0 Å². The van der Waals surface area contributed by atoms with Gasteiger partial charge in [0.15, 0.2) is 5.76 Å². The fraction of sp³-hybridized carbons (Fsp3) is 0.316. The molecule has 9 nitrogen and oxygen atoms in total. The molecule has 0 aromatic carbocycles. The van der Waals surface area contributed by atoms with Crippen molar-refractivity contribution in [2.24, 2.45) is 0 Å². The fourth-order valence-corrected chi connectivity index (χ4v) is 2.64. The standard InChI is InChI=1S/C19H21N5O4/c1-3-14-11-18(26)23(12-21-14)9-8-20-19(27)13(2)24-17(25)7-6-15(22-24)16-5-4-10-28-16/h4-7,10-13H,3,8-9H2,1-2H3,(H,20,27). The van der Waals surface area contributed by atoms with Gasteiger partial charge in [-0.2, -0.15) is 5.10 Å². The summed E-state index contributed by atoms with van der Waals surface area (Å²) in [4.78, 5) is 40.7. The molecule has 9 heteroatoms. The van der Waals surface area contributed by atoms with E-state index in [4.69, 9.17) is 4.42 Å². The number of carbonyl (C=O) groups is 1. The van der Waals surface area contributed by atoms with Crippen LogP contribution in [0.2, 0.25) is 0 Å². The Kier molecular flexibility index (Phi) is 5.83. The van der Waals surface area contributed by atoms with Crippen molar-refractivity contribution >= 4 is 5.91 Å². The number of carbonyl (C=O) groups excluding carboxylic acids is 1. The molecule has 28 heavy (non-hydrogen) atoms. The van der Waals surface area contributed by atoms with Crippen molar-refractivity contribution in [2.45, 2.75) is 32.9 Å². The van der Waals surface area contributed by atoms with E-state index in [1.54, 1.807) is 25.1 Å². The minimum absolute atomic E-state index is 0.168. The molecule has 0 aliphatic carbocycles.